The van der Waals surface area contributed by atoms with Crippen LogP contribution in [0.5, 0.6) is 0 Å². The lowest BCUT2D eigenvalue weighted by molar-refractivity contribution is 0.590. The molecule has 0 aromatic heterocycles. The van der Waals surface area contributed by atoms with E-state index in [0.29, 0.717) is 6.54 Å². The summed E-state index contributed by atoms with van der Waals surface area (Å²) in [5.41, 5.74) is 6.12. The lowest BCUT2D eigenvalue weighted by Gasteiger charge is -2.19. The molecule has 0 fully saturated rings. The topological polar surface area (TPSA) is 12.4 Å². The van der Waals surface area contributed by atoms with Crippen LogP contribution in [0.3, 0.4) is 0 Å². The molecular formula is C24H25N. The molecule has 0 heterocycles. The first-order valence-corrected chi connectivity index (χ1v) is 8.79. The molecule has 3 aromatic rings. The fourth-order valence-electron chi connectivity index (χ4n) is 2.82. The van der Waals surface area contributed by atoms with Crippen molar-refractivity contribution in [2.45, 2.75) is 32.7 Å². The zero-order valence-electron chi connectivity index (χ0n) is 15.2. The molecule has 0 atom stereocenters. The predicted octanol–water partition coefficient (Wildman–Crippen LogP) is 6.02. The summed E-state index contributed by atoms with van der Waals surface area (Å²) in [7, 11) is 0. The van der Waals surface area contributed by atoms with E-state index in [-0.39, 0.29) is 5.41 Å². The highest BCUT2D eigenvalue weighted by molar-refractivity contribution is 6.12. The number of hydrogen-bond acceptors (Lipinski definition) is 1. The van der Waals surface area contributed by atoms with Gasteiger partial charge in [0.25, 0.3) is 0 Å². The molecule has 3 aromatic carbocycles. The molecule has 0 saturated carbocycles. The third kappa shape index (κ3) is 4.45. The van der Waals surface area contributed by atoms with Crippen LogP contribution in [0.2, 0.25) is 0 Å². The SMILES string of the molecule is CC(C)(C)c1ccc(C[15N]=C(c2ccccc2)c2ccccc2)cc1. The molecular weight excluding hydrogens is 303 g/mol. The minimum absolute atomic E-state index is 0.182. The Morgan fingerprint density at radius 2 is 1.16 bits per heavy atom. The smallest absolute Gasteiger partial charge is 0.0723 e. The second kappa shape index (κ2) is 7.48. The predicted molar refractivity (Wildman–Crippen MR) is 107 cm³/mol. The van der Waals surface area contributed by atoms with Crippen LogP contribution in [0.25, 0.3) is 0 Å². The molecule has 0 saturated heterocycles. The van der Waals surface area contributed by atoms with Gasteiger partial charge in [-0.3, -0.25) is 4.99 Å². The molecule has 0 unspecified atom stereocenters. The highest BCUT2D eigenvalue weighted by atomic mass is 15.5. The van der Waals surface area contributed by atoms with Gasteiger partial charge in [-0.25, -0.2) is 0 Å². The number of aliphatic imine (C=N–C) groups is 1. The van der Waals surface area contributed by atoms with Gasteiger partial charge in [0.2, 0.25) is 0 Å². The van der Waals surface area contributed by atoms with Crippen molar-refractivity contribution in [2.75, 3.05) is 0 Å². The van der Waals surface area contributed by atoms with E-state index in [4.69, 9.17) is 4.99 Å². The van der Waals surface area contributed by atoms with Gasteiger partial charge < -0.3 is 0 Å². The maximum atomic E-state index is 4.94. The van der Waals surface area contributed by atoms with Gasteiger partial charge in [-0.05, 0) is 16.5 Å². The van der Waals surface area contributed by atoms with Crippen LogP contribution in [-0.2, 0) is 12.0 Å². The van der Waals surface area contributed by atoms with Crippen LogP contribution in [0.1, 0.15) is 43.0 Å². The Bertz CT molecular complexity index is 781. The number of rotatable bonds is 4. The van der Waals surface area contributed by atoms with Crippen molar-refractivity contribution in [3.63, 3.8) is 0 Å². The summed E-state index contributed by atoms with van der Waals surface area (Å²) < 4.78 is 0. The maximum absolute atomic E-state index is 4.94. The Labute approximate surface area is 151 Å². The van der Waals surface area contributed by atoms with Gasteiger partial charge in [0.1, 0.15) is 0 Å². The Kier molecular flexibility index (Phi) is 5.14. The zero-order chi connectivity index (χ0) is 17.7. The largest absolute Gasteiger partial charge is 0.279 e. The summed E-state index contributed by atoms with van der Waals surface area (Å²) in [4.78, 5) is 4.94. The van der Waals surface area contributed by atoms with E-state index < -0.39 is 0 Å². The molecule has 1 nitrogen and oxygen atoms in total. The first-order valence-electron chi connectivity index (χ1n) is 8.79. The van der Waals surface area contributed by atoms with Crippen LogP contribution >= 0.6 is 0 Å². The van der Waals surface area contributed by atoms with E-state index in [1.807, 2.05) is 12.1 Å². The van der Waals surface area contributed by atoms with Crippen molar-refractivity contribution < 1.29 is 0 Å². The summed E-state index contributed by atoms with van der Waals surface area (Å²) in [5, 5.41) is 0. The van der Waals surface area contributed by atoms with E-state index in [2.05, 4.69) is 93.6 Å². The lowest BCUT2D eigenvalue weighted by Crippen LogP contribution is -2.10. The number of nitrogens with zero attached hydrogens (tertiary/aromatic N) is 1. The molecule has 0 spiro atoms. The van der Waals surface area contributed by atoms with Gasteiger partial charge in [-0.15, -0.1) is 0 Å². The molecule has 0 bridgehead atoms. The van der Waals surface area contributed by atoms with Crippen molar-refractivity contribution in [1.29, 1.82) is 0 Å². The Balaban J connectivity index is 1.89. The van der Waals surface area contributed by atoms with Gasteiger partial charge in [-0.1, -0.05) is 106 Å². The average molecular weight is 328 g/mol. The molecule has 0 aliphatic rings. The van der Waals surface area contributed by atoms with E-state index in [1.54, 1.807) is 0 Å². The average Bonchev–Trinajstić information content (AvgIpc) is 2.63. The van der Waals surface area contributed by atoms with Gasteiger partial charge >= 0.3 is 0 Å². The molecule has 25 heavy (non-hydrogen) atoms. The van der Waals surface area contributed by atoms with Crippen molar-refractivity contribution in [3.05, 3.63) is 107 Å². The lowest BCUT2D eigenvalue weighted by atomic mass is 9.87. The van der Waals surface area contributed by atoms with Crippen molar-refractivity contribution in [2.24, 2.45) is 4.99 Å². The molecule has 3 rings (SSSR count). The second-order valence-corrected chi connectivity index (χ2v) is 7.34. The van der Waals surface area contributed by atoms with E-state index in [9.17, 15) is 0 Å². The minimum atomic E-state index is 0.182. The monoisotopic (exact) mass is 328 g/mol. The van der Waals surface area contributed by atoms with Crippen LogP contribution in [0.4, 0.5) is 0 Å². The standard InChI is InChI=1S/C24H25N/c1-24(2,3)22-16-14-19(15-17-22)18-25-23(20-10-6-4-7-11-20)21-12-8-5-9-13-21/h4-17H,18H2,1-3H3/i25+1. The van der Waals surface area contributed by atoms with Crippen LogP contribution in [-0.4, -0.2) is 5.71 Å². The minimum Gasteiger partial charge on any atom is -0.279 e. The van der Waals surface area contributed by atoms with Gasteiger partial charge in [0.05, 0.1) is 12.3 Å². The van der Waals surface area contributed by atoms with Gasteiger partial charge in [0, 0.05) is 11.1 Å². The Morgan fingerprint density at radius 3 is 1.60 bits per heavy atom. The van der Waals surface area contributed by atoms with Gasteiger partial charge in [0.15, 0.2) is 0 Å². The molecule has 0 amide bonds. The normalized spacial score (nSPS) is 11.2. The molecule has 1 heteroatoms. The summed E-state index contributed by atoms with van der Waals surface area (Å²) >= 11 is 0. The fourth-order valence-corrected chi connectivity index (χ4v) is 2.82. The summed E-state index contributed by atoms with van der Waals surface area (Å²) in [6.45, 7) is 7.40. The highest BCUT2D eigenvalue weighted by Gasteiger charge is 2.12. The second-order valence-electron chi connectivity index (χ2n) is 7.34. The first kappa shape index (κ1) is 17.2. The zero-order valence-corrected chi connectivity index (χ0v) is 15.2. The summed E-state index contributed by atoms with van der Waals surface area (Å²) in [5.74, 6) is 0. The molecule has 126 valence electrons. The molecule has 0 aliphatic carbocycles. The quantitative estimate of drug-likeness (QED) is 0.410. The third-order valence-corrected chi connectivity index (χ3v) is 4.33. The van der Waals surface area contributed by atoms with Crippen LogP contribution in [0.15, 0.2) is 89.9 Å². The third-order valence-electron chi connectivity index (χ3n) is 4.33. The summed E-state index contributed by atoms with van der Waals surface area (Å²) in [6, 6.07) is 29.6. The van der Waals surface area contributed by atoms with Crippen molar-refractivity contribution in [3.8, 4) is 0 Å². The highest BCUT2D eigenvalue weighted by Crippen LogP contribution is 2.22. The molecule has 0 aliphatic heterocycles. The number of benzene rings is 3. The van der Waals surface area contributed by atoms with Crippen molar-refractivity contribution in [1.82, 2.24) is 0 Å². The van der Waals surface area contributed by atoms with Crippen molar-refractivity contribution >= 4 is 5.71 Å². The van der Waals surface area contributed by atoms with E-state index >= 15 is 0 Å². The molecule has 0 radical (unpaired) electrons. The molecule has 0 N–H and O–H groups in total. The fraction of sp³-hybridized carbons (Fsp3) is 0.208. The van der Waals surface area contributed by atoms with E-state index in [1.165, 1.54) is 11.1 Å². The first-order chi connectivity index (χ1) is 12.0. The summed E-state index contributed by atoms with van der Waals surface area (Å²) in [6.07, 6.45) is 0. The van der Waals surface area contributed by atoms with E-state index in [0.717, 1.165) is 16.8 Å². The number of hydrogen-bond donors (Lipinski definition) is 0. The maximum Gasteiger partial charge on any atom is 0.0723 e. The van der Waals surface area contributed by atoms with Crippen LogP contribution < -0.4 is 0 Å². The van der Waals surface area contributed by atoms with Gasteiger partial charge in [-0.2, -0.15) is 0 Å². The Hall–Kier alpha value is -2.67. The Morgan fingerprint density at radius 1 is 0.680 bits per heavy atom. The van der Waals surface area contributed by atoms with Crippen LogP contribution in [0, 0.1) is 0 Å².